The predicted octanol–water partition coefficient (Wildman–Crippen LogP) is 0.593. The quantitative estimate of drug-likeness (QED) is 0.833. The van der Waals surface area contributed by atoms with Crippen LogP contribution in [-0.4, -0.2) is 67.7 Å². The fourth-order valence-corrected chi connectivity index (χ4v) is 3.82. The van der Waals surface area contributed by atoms with Crippen molar-refractivity contribution in [2.45, 2.75) is 12.5 Å². The fraction of sp³-hybridized carbons (Fsp3) is 0.533. The van der Waals surface area contributed by atoms with Crippen molar-refractivity contribution in [2.75, 3.05) is 32.9 Å². The van der Waals surface area contributed by atoms with Crippen molar-refractivity contribution < 1.29 is 18.3 Å². The zero-order valence-electron chi connectivity index (χ0n) is 13.1. The Bertz CT molecular complexity index is 661. The number of amides is 1. The summed E-state index contributed by atoms with van der Waals surface area (Å²) >= 11 is 5.81. The molecule has 2 atom stereocenters. The maximum absolute atomic E-state index is 12.3. The molecule has 1 N–H and O–H groups in total. The van der Waals surface area contributed by atoms with E-state index in [0.29, 0.717) is 5.02 Å². The van der Waals surface area contributed by atoms with E-state index in [1.165, 1.54) is 19.0 Å². The van der Waals surface area contributed by atoms with E-state index in [4.69, 9.17) is 11.6 Å². The second kappa shape index (κ2) is 7.17. The Kier molecular flexibility index (Phi) is 5.67. The lowest BCUT2D eigenvalue weighted by molar-refractivity contribution is -0.129. The third kappa shape index (κ3) is 4.67. The number of hydrogen-bond acceptors (Lipinski definition) is 4. The molecule has 2 rings (SSSR count). The highest BCUT2D eigenvalue weighted by Gasteiger charge is 2.37. The highest BCUT2D eigenvalue weighted by atomic mass is 35.5. The van der Waals surface area contributed by atoms with Gasteiger partial charge in [0.1, 0.15) is 0 Å². The van der Waals surface area contributed by atoms with E-state index in [9.17, 15) is 18.3 Å². The molecule has 1 heterocycles. The summed E-state index contributed by atoms with van der Waals surface area (Å²) in [5, 5.41) is 10.7. The van der Waals surface area contributed by atoms with Crippen LogP contribution in [0.2, 0.25) is 5.02 Å². The first-order valence-corrected chi connectivity index (χ1v) is 9.28. The summed E-state index contributed by atoms with van der Waals surface area (Å²) in [5.74, 6) is -0.751. The number of nitrogens with zero attached hydrogens (tertiary/aromatic N) is 2. The summed E-state index contributed by atoms with van der Waals surface area (Å²) in [6, 6.07) is 6.99. The zero-order chi connectivity index (χ0) is 17.2. The lowest BCUT2D eigenvalue weighted by Crippen LogP contribution is -2.34. The molecular formula is C15H21ClN2O4S. The number of carbonyl (C=O) groups excluding carboxylic acids is 1. The number of carbonyl (C=O) groups is 1. The van der Waals surface area contributed by atoms with Gasteiger partial charge in [-0.3, -0.25) is 4.79 Å². The Morgan fingerprint density at radius 2 is 1.91 bits per heavy atom. The van der Waals surface area contributed by atoms with Crippen LogP contribution in [0.15, 0.2) is 24.3 Å². The molecule has 0 aliphatic carbocycles. The van der Waals surface area contributed by atoms with E-state index in [0.717, 1.165) is 9.87 Å². The molecule has 8 heteroatoms. The van der Waals surface area contributed by atoms with Crippen LogP contribution in [0.3, 0.4) is 0 Å². The molecule has 0 saturated carbocycles. The Morgan fingerprint density at radius 1 is 1.30 bits per heavy atom. The van der Waals surface area contributed by atoms with E-state index in [1.54, 1.807) is 24.3 Å². The van der Waals surface area contributed by atoms with Gasteiger partial charge in [-0.2, -0.15) is 0 Å². The van der Waals surface area contributed by atoms with Gasteiger partial charge in [0.25, 0.3) is 0 Å². The van der Waals surface area contributed by atoms with E-state index in [-0.39, 0.29) is 31.2 Å². The first-order valence-electron chi connectivity index (χ1n) is 7.29. The molecule has 1 amide bonds. The lowest BCUT2D eigenvalue weighted by Gasteiger charge is -2.18. The Morgan fingerprint density at radius 3 is 2.48 bits per heavy atom. The maximum atomic E-state index is 12.3. The second-order valence-corrected chi connectivity index (χ2v) is 8.65. The summed E-state index contributed by atoms with van der Waals surface area (Å²) in [4.78, 5) is 13.8. The van der Waals surface area contributed by atoms with Gasteiger partial charge in [-0.15, -0.1) is 0 Å². The number of rotatable bonds is 5. The van der Waals surface area contributed by atoms with Crippen molar-refractivity contribution in [1.29, 1.82) is 0 Å². The number of likely N-dealkylation sites (tertiary alicyclic amines) is 1. The predicted molar refractivity (Wildman–Crippen MR) is 88.7 cm³/mol. The van der Waals surface area contributed by atoms with Crippen LogP contribution < -0.4 is 0 Å². The minimum Gasteiger partial charge on any atom is -0.391 e. The van der Waals surface area contributed by atoms with Gasteiger partial charge < -0.3 is 10.0 Å². The van der Waals surface area contributed by atoms with Crippen molar-refractivity contribution in [2.24, 2.45) is 5.92 Å². The van der Waals surface area contributed by atoms with E-state index in [2.05, 4.69) is 0 Å². The van der Waals surface area contributed by atoms with Gasteiger partial charge in [0.15, 0.2) is 0 Å². The number of sulfonamides is 1. The molecule has 1 aromatic carbocycles. The number of aliphatic hydroxyl groups excluding tert-OH is 1. The van der Waals surface area contributed by atoms with Gasteiger partial charge >= 0.3 is 0 Å². The molecule has 1 aliphatic heterocycles. The van der Waals surface area contributed by atoms with Crippen molar-refractivity contribution in [3.8, 4) is 0 Å². The normalized spacial score (nSPS) is 21.9. The fourth-order valence-electron chi connectivity index (χ4n) is 2.53. The van der Waals surface area contributed by atoms with E-state index >= 15 is 0 Å². The van der Waals surface area contributed by atoms with Crippen LogP contribution >= 0.6 is 11.6 Å². The van der Waals surface area contributed by atoms with Gasteiger partial charge in [-0.25, -0.2) is 12.7 Å². The number of benzene rings is 1. The monoisotopic (exact) mass is 360 g/mol. The van der Waals surface area contributed by atoms with Gasteiger partial charge in [0, 0.05) is 38.1 Å². The molecule has 2 unspecified atom stereocenters. The molecule has 1 aliphatic rings. The summed E-state index contributed by atoms with van der Waals surface area (Å²) in [7, 11) is -0.490. The number of hydrogen-bond donors (Lipinski definition) is 1. The zero-order valence-corrected chi connectivity index (χ0v) is 14.7. The minimum atomic E-state index is -3.41. The maximum Gasteiger partial charge on any atom is 0.227 e. The SMILES string of the molecule is CN(C)S(=O)(=O)CC1CN(C(=O)Cc2ccc(Cl)cc2)CC1O. The number of β-amino-alcohol motifs (C(OH)–C–C–N with tert-alkyl or cyclic N) is 1. The molecule has 0 aromatic heterocycles. The third-order valence-electron chi connectivity index (χ3n) is 4.01. The average Bonchev–Trinajstić information content (AvgIpc) is 2.82. The van der Waals surface area contributed by atoms with Crippen LogP contribution in [0.5, 0.6) is 0 Å². The molecule has 6 nitrogen and oxygen atoms in total. The smallest absolute Gasteiger partial charge is 0.227 e. The van der Waals surface area contributed by atoms with Gasteiger partial charge in [0.05, 0.1) is 18.3 Å². The summed E-state index contributed by atoms with van der Waals surface area (Å²) in [6.45, 7) is 0.417. The van der Waals surface area contributed by atoms with Gasteiger partial charge in [0.2, 0.25) is 15.9 Å². The Labute approximate surface area is 141 Å². The lowest BCUT2D eigenvalue weighted by atomic mass is 10.1. The number of aliphatic hydroxyl groups is 1. The molecule has 0 radical (unpaired) electrons. The van der Waals surface area contributed by atoms with Crippen molar-refractivity contribution in [3.05, 3.63) is 34.9 Å². The second-order valence-electron chi connectivity index (χ2n) is 5.99. The first-order chi connectivity index (χ1) is 10.7. The Hall–Kier alpha value is -1.15. The molecule has 0 bridgehead atoms. The molecule has 128 valence electrons. The number of halogens is 1. The van der Waals surface area contributed by atoms with Crippen LogP contribution in [0.25, 0.3) is 0 Å². The van der Waals surface area contributed by atoms with Crippen LogP contribution in [0, 0.1) is 5.92 Å². The van der Waals surface area contributed by atoms with Gasteiger partial charge in [-0.05, 0) is 17.7 Å². The standard InChI is InChI=1S/C15H21ClN2O4S/c1-17(2)23(21,22)10-12-8-18(9-14(12)19)15(20)7-11-3-5-13(16)6-4-11/h3-6,12,14,19H,7-10H2,1-2H3. The minimum absolute atomic E-state index is 0.129. The first kappa shape index (κ1) is 18.2. The molecule has 1 fully saturated rings. The third-order valence-corrected chi connectivity index (χ3v) is 6.22. The molecule has 1 aromatic rings. The Balaban J connectivity index is 1.97. The summed E-state index contributed by atoms with van der Waals surface area (Å²) < 4.78 is 25.0. The summed E-state index contributed by atoms with van der Waals surface area (Å²) in [6.07, 6.45) is -0.615. The van der Waals surface area contributed by atoms with Crippen LogP contribution in [-0.2, 0) is 21.2 Å². The van der Waals surface area contributed by atoms with Crippen molar-refractivity contribution >= 4 is 27.5 Å². The summed E-state index contributed by atoms with van der Waals surface area (Å²) in [5.41, 5.74) is 0.832. The van der Waals surface area contributed by atoms with Crippen molar-refractivity contribution in [3.63, 3.8) is 0 Å². The largest absolute Gasteiger partial charge is 0.391 e. The van der Waals surface area contributed by atoms with Crippen LogP contribution in [0.1, 0.15) is 5.56 Å². The van der Waals surface area contributed by atoms with Crippen LogP contribution in [0.4, 0.5) is 0 Å². The highest BCUT2D eigenvalue weighted by molar-refractivity contribution is 7.89. The highest BCUT2D eigenvalue weighted by Crippen LogP contribution is 2.21. The topological polar surface area (TPSA) is 77.9 Å². The van der Waals surface area contributed by atoms with E-state index < -0.39 is 22.0 Å². The average molecular weight is 361 g/mol. The molecular weight excluding hydrogens is 340 g/mol. The molecule has 23 heavy (non-hydrogen) atoms. The molecule has 0 spiro atoms. The van der Waals surface area contributed by atoms with E-state index in [1.807, 2.05) is 0 Å². The van der Waals surface area contributed by atoms with Crippen molar-refractivity contribution in [1.82, 2.24) is 9.21 Å². The van der Waals surface area contributed by atoms with Gasteiger partial charge in [-0.1, -0.05) is 23.7 Å². The molecule has 1 saturated heterocycles.